The molecule has 1 N–H and O–H groups in total. The maximum absolute atomic E-state index is 12.4. The molecule has 7 heteroatoms. The van der Waals surface area contributed by atoms with Gasteiger partial charge in [0.25, 0.3) is 0 Å². The third-order valence-corrected chi connectivity index (χ3v) is 3.48. The van der Waals surface area contributed by atoms with Crippen molar-refractivity contribution in [2.75, 3.05) is 0 Å². The van der Waals surface area contributed by atoms with E-state index in [1.165, 1.54) is 18.2 Å². The second-order valence-electron chi connectivity index (χ2n) is 3.88. The fraction of sp³-hybridized carbons (Fsp3) is 0.154. The summed E-state index contributed by atoms with van der Waals surface area (Å²) in [6.45, 7) is 0.114. The van der Waals surface area contributed by atoms with Crippen LogP contribution in [0.15, 0.2) is 36.4 Å². The summed E-state index contributed by atoms with van der Waals surface area (Å²) in [6.07, 6.45) is -4.37. The summed E-state index contributed by atoms with van der Waals surface area (Å²) in [6, 6.07) is 7.40. The average Bonchev–Trinajstić information content (AvgIpc) is 2.85. The number of thiophene rings is 1. The zero-order valence-electron chi connectivity index (χ0n) is 9.98. The maximum Gasteiger partial charge on any atom is 0.416 e. The lowest BCUT2D eigenvalue weighted by Gasteiger charge is -2.08. The molecule has 1 aromatic heterocycles. The predicted octanol–water partition coefficient (Wildman–Crippen LogP) is 4.04. The number of rotatable bonds is 4. The van der Waals surface area contributed by atoms with Crippen molar-refractivity contribution >= 4 is 17.3 Å². The number of benzene rings is 1. The minimum absolute atomic E-state index is 0.114. The highest BCUT2D eigenvalue weighted by Crippen LogP contribution is 2.30. The number of ether oxygens (including phenoxy) is 1. The molecule has 0 radical (unpaired) electrons. The van der Waals surface area contributed by atoms with Crippen LogP contribution in [0, 0.1) is 0 Å². The monoisotopic (exact) mass is 302 g/mol. The standard InChI is InChI=1S/C13H9F3O3S/c14-13(15,16)8-1-3-9(4-2-8)19-7-10-5-6-11(20-10)12(17)18/h1-6H,7H2,(H,17,18). The summed E-state index contributed by atoms with van der Waals surface area (Å²) in [4.78, 5) is 11.6. The first-order chi connectivity index (χ1) is 9.36. The van der Waals surface area contributed by atoms with Crippen molar-refractivity contribution in [2.24, 2.45) is 0 Å². The Kier molecular flexibility index (Phi) is 3.99. The van der Waals surface area contributed by atoms with Gasteiger partial charge in [-0.05, 0) is 36.4 Å². The normalized spacial score (nSPS) is 11.3. The molecule has 0 spiro atoms. The first-order valence-corrected chi connectivity index (χ1v) is 6.30. The predicted molar refractivity (Wildman–Crippen MR) is 67.1 cm³/mol. The molecular formula is C13H9F3O3S. The van der Waals surface area contributed by atoms with Crippen LogP contribution in [0.5, 0.6) is 5.75 Å². The molecule has 0 atom stereocenters. The molecule has 0 amide bonds. The lowest BCUT2D eigenvalue weighted by Crippen LogP contribution is -2.04. The van der Waals surface area contributed by atoms with Crippen LogP contribution < -0.4 is 4.74 Å². The Hall–Kier alpha value is -2.02. The molecule has 0 unspecified atom stereocenters. The van der Waals surface area contributed by atoms with E-state index >= 15 is 0 Å². The van der Waals surface area contributed by atoms with Crippen molar-refractivity contribution in [2.45, 2.75) is 12.8 Å². The Balaban J connectivity index is 1.98. The Morgan fingerprint density at radius 3 is 2.30 bits per heavy atom. The van der Waals surface area contributed by atoms with Gasteiger partial charge in [-0.25, -0.2) is 4.79 Å². The molecule has 0 saturated carbocycles. The number of carboxylic acids is 1. The number of carboxylic acid groups (broad SMARTS) is 1. The molecule has 3 nitrogen and oxygen atoms in total. The van der Waals surface area contributed by atoms with Gasteiger partial charge in [0.05, 0.1) is 5.56 Å². The van der Waals surface area contributed by atoms with Gasteiger partial charge in [-0.3, -0.25) is 0 Å². The van der Waals surface area contributed by atoms with Gasteiger partial charge in [0.1, 0.15) is 17.2 Å². The van der Waals surface area contributed by atoms with E-state index in [1.807, 2.05) is 0 Å². The molecule has 1 aromatic carbocycles. The van der Waals surface area contributed by atoms with Crippen LogP contribution in [0.2, 0.25) is 0 Å². The van der Waals surface area contributed by atoms with E-state index in [4.69, 9.17) is 9.84 Å². The molecular weight excluding hydrogens is 293 g/mol. The van der Waals surface area contributed by atoms with Crippen LogP contribution in [-0.2, 0) is 12.8 Å². The Morgan fingerprint density at radius 1 is 1.15 bits per heavy atom. The van der Waals surface area contributed by atoms with E-state index in [2.05, 4.69) is 0 Å². The van der Waals surface area contributed by atoms with Gasteiger partial charge in [-0.2, -0.15) is 13.2 Å². The van der Waals surface area contributed by atoms with Gasteiger partial charge < -0.3 is 9.84 Å². The second-order valence-corrected chi connectivity index (χ2v) is 5.05. The molecule has 2 rings (SSSR count). The summed E-state index contributed by atoms with van der Waals surface area (Å²) in [7, 11) is 0. The van der Waals surface area contributed by atoms with E-state index in [-0.39, 0.29) is 11.5 Å². The maximum atomic E-state index is 12.4. The first-order valence-electron chi connectivity index (χ1n) is 5.48. The number of carbonyl (C=O) groups is 1. The Bertz CT molecular complexity index is 602. The van der Waals surface area contributed by atoms with Crippen molar-refractivity contribution < 1.29 is 27.8 Å². The number of aromatic carboxylic acids is 1. The van der Waals surface area contributed by atoms with Gasteiger partial charge in [-0.15, -0.1) is 11.3 Å². The summed E-state index contributed by atoms with van der Waals surface area (Å²) in [5, 5.41) is 8.75. The summed E-state index contributed by atoms with van der Waals surface area (Å²) in [5.41, 5.74) is -0.742. The fourth-order valence-electron chi connectivity index (χ4n) is 1.47. The van der Waals surface area contributed by atoms with Crippen LogP contribution >= 0.6 is 11.3 Å². The number of halogens is 3. The molecule has 1 heterocycles. The van der Waals surface area contributed by atoms with Gasteiger partial charge >= 0.3 is 12.1 Å². The van der Waals surface area contributed by atoms with Crippen molar-refractivity contribution in [1.82, 2.24) is 0 Å². The fourth-order valence-corrected chi connectivity index (χ4v) is 2.22. The van der Waals surface area contributed by atoms with Crippen LogP contribution in [0.3, 0.4) is 0 Å². The lowest BCUT2D eigenvalue weighted by atomic mass is 10.2. The largest absolute Gasteiger partial charge is 0.488 e. The van der Waals surface area contributed by atoms with Gasteiger partial charge in [0.2, 0.25) is 0 Å². The molecule has 20 heavy (non-hydrogen) atoms. The molecule has 106 valence electrons. The zero-order chi connectivity index (χ0) is 14.8. The second kappa shape index (κ2) is 5.54. The molecule has 0 aliphatic rings. The van der Waals surface area contributed by atoms with E-state index in [1.54, 1.807) is 6.07 Å². The van der Waals surface area contributed by atoms with Gasteiger partial charge in [0, 0.05) is 4.88 Å². The molecule has 0 saturated heterocycles. The quantitative estimate of drug-likeness (QED) is 0.927. The van der Waals surface area contributed by atoms with Crippen molar-refractivity contribution in [1.29, 1.82) is 0 Å². The van der Waals surface area contributed by atoms with E-state index in [9.17, 15) is 18.0 Å². The van der Waals surface area contributed by atoms with Gasteiger partial charge in [0.15, 0.2) is 0 Å². The third kappa shape index (κ3) is 3.51. The van der Waals surface area contributed by atoms with Crippen LogP contribution in [0.4, 0.5) is 13.2 Å². The summed E-state index contributed by atoms with van der Waals surface area (Å²) < 4.78 is 42.4. The molecule has 0 aliphatic carbocycles. The highest BCUT2D eigenvalue weighted by Gasteiger charge is 2.29. The summed E-state index contributed by atoms with van der Waals surface area (Å²) >= 11 is 1.06. The SMILES string of the molecule is O=C(O)c1ccc(COc2ccc(C(F)(F)F)cc2)s1. The highest BCUT2D eigenvalue weighted by molar-refractivity contribution is 7.13. The first kappa shape index (κ1) is 14.4. The van der Waals surface area contributed by atoms with Crippen molar-refractivity contribution in [3.63, 3.8) is 0 Å². The van der Waals surface area contributed by atoms with E-state index < -0.39 is 17.7 Å². The van der Waals surface area contributed by atoms with Crippen LogP contribution in [-0.4, -0.2) is 11.1 Å². The molecule has 0 fully saturated rings. The van der Waals surface area contributed by atoms with E-state index in [0.29, 0.717) is 10.6 Å². The number of hydrogen-bond acceptors (Lipinski definition) is 3. The molecule has 2 aromatic rings. The third-order valence-electron chi connectivity index (χ3n) is 2.44. The van der Waals surface area contributed by atoms with Crippen molar-refractivity contribution in [3.8, 4) is 5.75 Å². The Labute approximate surface area is 116 Å². The van der Waals surface area contributed by atoms with E-state index in [0.717, 1.165) is 23.5 Å². The topological polar surface area (TPSA) is 46.5 Å². The van der Waals surface area contributed by atoms with Crippen LogP contribution in [0.1, 0.15) is 20.1 Å². The molecule has 0 bridgehead atoms. The minimum atomic E-state index is -4.37. The molecule has 0 aliphatic heterocycles. The minimum Gasteiger partial charge on any atom is -0.488 e. The smallest absolute Gasteiger partial charge is 0.416 e. The van der Waals surface area contributed by atoms with Crippen molar-refractivity contribution in [3.05, 3.63) is 51.7 Å². The number of hydrogen-bond donors (Lipinski definition) is 1. The average molecular weight is 302 g/mol. The summed E-state index contributed by atoms with van der Waals surface area (Å²) in [5.74, 6) is -0.723. The lowest BCUT2D eigenvalue weighted by molar-refractivity contribution is -0.137. The number of alkyl halides is 3. The Morgan fingerprint density at radius 2 is 1.80 bits per heavy atom. The van der Waals surface area contributed by atoms with Gasteiger partial charge in [-0.1, -0.05) is 0 Å². The highest BCUT2D eigenvalue weighted by atomic mass is 32.1. The van der Waals surface area contributed by atoms with Crippen LogP contribution in [0.25, 0.3) is 0 Å². The zero-order valence-corrected chi connectivity index (χ0v) is 10.8.